The second-order valence-electron chi connectivity index (χ2n) is 6.88. The maximum atomic E-state index is 11.6. The maximum absolute atomic E-state index is 11.6. The number of unbranched alkanes of at least 4 members (excludes halogenated alkanes) is 3. The van der Waals surface area contributed by atoms with E-state index < -0.39 is 0 Å². The summed E-state index contributed by atoms with van der Waals surface area (Å²) in [4.78, 5) is 11.6. The number of rotatable bonds is 7. The highest BCUT2D eigenvalue weighted by Crippen LogP contribution is 2.12. The number of carbonyl (C=O) groups is 1. The molecule has 1 N–H and O–H groups in total. The largest absolute Gasteiger partial charge is 0.376 e. The Labute approximate surface area is 113 Å². The molecule has 0 aliphatic heterocycles. The van der Waals surface area contributed by atoms with E-state index in [0.29, 0.717) is 0 Å². The Morgan fingerprint density at radius 3 is 2.00 bits per heavy atom. The molecule has 1 amide bonds. The Bertz CT molecular complexity index is 236. The molecule has 0 saturated heterocycles. The summed E-state index contributed by atoms with van der Waals surface area (Å²) in [7, 11) is 0. The molecule has 0 heterocycles. The first-order chi connectivity index (χ1) is 8.13. The van der Waals surface area contributed by atoms with E-state index in [9.17, 15) is 4.79 Å². The van der Waals surface area contributed by atoms with Gasteiger partial charge in [0.2, 0.25) is 5.91 Å². The summed E-state index contributed by atoms with van der Waals surface area (Å²) >= 11 is 0. The van der Waals surface area contributed by atoms with Crippen LogP contribution < -0.4 is 5.32 Å². The van der Waals surface area contributed by atoms with E-state index in [-0.39, 0.29) is 16.9 Å². The van der Waals surface area contributed by atoms with Crippen LogP contribution in [0.3, 0.4) is 0 Å². The Hall–Kier alpha value is -0.570. The second-order valence-corrected chi connectivity index (χ2v) is 6.88. The summed E-state index contributed by atoms with van der Waals surface area (Å²) in [5.74, 6) is 0.138. The molecule has 18 heavy (non-hydrogen) atoms. The highest BCUT2D eigenvalue weighted by Gasteiger charge is 2.19. The normalized spacial score (nSPS) is 12.6. The van der Waals surface area contributed by atoms with Crippen molar-refractivity contribution < 1.29 is 9.53 Å². The molecule has 0 aliphatic carbocycles. The number of ether oxygens (including phenoxy) is 1. The lowest BCUT2D eigenvalue weighted by atomic mass is 9.96. The first-order valence-corrected chi connectivity index (χ1v) is 7.05. The second kappa shape index (κ2) is 7.78. The number of hydrogen-bond donors (Lipinski definition) is 1. The molecule has 0 aromatic carbocycles. The van der Waals surface area contributed by atoms with E-state index in [2.05, 4.69) is 26.1 Å². The average Bonchev–Trinajstić information content (AvgIpc) is 2.18. The smallest absolute Gasteiger partial charge is 0.225 e. The predicted molar refractivity (Wildman–Crippen MR) is 76.6 cm³/mol. The van der Waals surface area contributed by atoms with Crippen molar-refractivity contribution in [3.63, 3.8) is 0 Å². The summed E-state index contributed by atoms with van der Waals surface area (Å²) < 4.78 is 5.65. The van der Waals surface area contributed by atoms with Crippen molar-refractivity contribution in [3.05, 3.63) is 0 Å². The van der Waals surface area contributed by atoms with Gasteiger partial charge in [-0.1, -0.05) is 33.6 Å². The summed E-state index contributed by atoms with van der Waals surface area (Å²) in [5, 5.41) is 2.97. The molecular formula is C15H31NO2. The molecule has 3 heteroatoms. The molecule has 3 nitrogen and oxygen atoms in total. The van der Waals surface area contributed by atoms with Crippen LogP contribution in [0.1, 0.15) is 67.2 Å². The van der Waals surface area contributed by atoms with E-state index in [4.69, 9.17) is 4.74 Å². The summed E-state index contributed by atoms with van der Waals surface area (Å²) in [6, 6.07) is 0. The van der Waals surface area contributed by atoms with Gasteiger partial charge in [0, 0.05) is 18.6 Å². The number of amides is 1. The van der Waals surface area contributed by atoms with Crippen molar-refractivity contribution in [1.29, 1.82) is 0 Å². The lowest BCUT2D eigenvalue weighted by Crippen LogP contribution is -2.35. The number of carbonyl (C=O) groups excluding carboxylic acids is 1. The average molecular weight is 257 g/mol. The van der Waals surface area contributed by atoms with Crippen LogP contribution in [0.15, 0.2) is 0 Å². The van der Waals surface area contributed by atoms with Gasteiger partial charge in [-0.15, -0.1) is 0 Å². The van der Waals surface area contributed by atoms with Gasteiger partial charge in [-0.3, -0.25) is 4.79 Å². The van der Waals surface area contributed by atoms with Gasteiger partial charge in [0.05, 0.1) is 5.60 Å². The topological polar surface area (TPSA) is 38.3 Å². The van der Waals surface area contributed by atoms with Crippen molar-refractivity contribution in [1.82, 2.24) is 5.32 Å². The van der Waals surface area contributed by atoms with Gasteiger partial charge in [0.1, 0.15) is 0 Å². The minimum Gasteiger partial charge on any atom is -0.376 e. The fourth-order valence-electron chi connectivity index (χ4n) is 1.43. The van der Waals surface area contributed by atoms with Crippen LogP contribution in [0.2, 0.25) is 0 Å². The van der Waals surface area contributed by atoms with Crippen LogP contribution in [0.25, 0.3) is 0 Å². The van der Waals surface area contributed by atoms with Crippen LogP contribution in [0, 0.1) is 5.41 Å². The van der Waals surface area contributed by atoms with Gasteiger partial charge in [0.15, 0.2) is 0 Å². The van der Waals surface area contributed by atoms with Gasteiger partial charge in [-0.2, -0.15) is 0 Å². The van der Waals surface area contributed by atoms with E-state index >= 15 is 0 Å². The molecule has 0 bridgehead atoms. The highest BCUT2D eigenvalue weighted by atomic mass is 16.5. The van der Waals surface area contributed by atoms with E-state index in [1.807, 2.05) is 20.8 Å². The SMILES string of the molecule is CC(C)(C)OCCCCCCNC(=O)C(C)(C)C. The molecule has 0 aliphatic rings. The summed E-state index contributed by atoms with van der Waals surface area (Å²) in [5.41, 5.74) is -0.304. The lowest BCUT2D eigenvalue weighted by molar-refractivity contribution is -0.128. The zero-order valence-corrected chi connectivity index (χ0v) is 13.1. The van der Waals surface area contributed by atoms with Crippen molar-refractivity contribution in [2.45, 2.75) is 72.8 Å². The first-order valence-electron chi connectivity index (χ1n) is 7.05. The van der Waals surface area contributed by atoms with Gasteiger partial charge < -0.3 is 10.1 Å². The zero-order chi connectivity index (χ0) is 14.2. The third-order valence-electron chi connectivity index (χ3n) is 2.57. The Balaban J connectivity index is 3.35. The minimum absolute atomic E-state index is 0.0271. The monoisotopic (exact) mass is 257 g/mol. The zero-order valence-electron chi connectivity index (χ0n) is 13.1. The van der Waals surface area contributed by atoms with Gasteiger partial charge in [0.25, 0.3) is 0 Å². The van der Waals surface area contributed by atoms with Crippen LogP contribution in [0.5, 0.6) is 0 Å². The molecule has 0 saturated carbocycles. The van der Waals surface area contributed by atoms with E-state index in [0.717, 1.165) is 32.4 Å². The van der Waals surface area contributed by atoms with E-state index in [1.54, 1.807) is 0 Å². The third-order valence-corrected chi connectivity index (χ3v) is 2.57. The third kappa shape index (κ3) is 10.6. The number of nitrogens with one attached hydrogen (secondary N) is 1. The van der Waals surface area contributed by atoms with Crippen LogP contribution >= 0.6 is 0 Å². The Morgan fingerprint density at radius 2 is 1.50 bits per heavy atom. The highest BCUT2D eigenvalue weighted by molar-refractivity contribution is 5.81. The Morgan fingerprint density at radius 1 is 0.944 bits per heavy atom. The number of hydrogen-bond acceptors (Lipinski definition) is 2. The van der Waals surface area contributed by atoms with Crippen LogP contribution in [0.4, 0.5) is 0 Å². The Kier molecular flexibility index (Phi) is 7.53. The van der Waals surface area contributed by atoms with Crippen molar-refractivity contribution in [3.8, 4) is 0 Å². The summed E-state index contributed by atoms with van der Waals surface area (Å²) in [6.45, 7) is 13.7. The van der Waals surface area contributed by atoms with Crippen LogP contribution in [-0.4, -0.2) is 24.7 Å². The van der Waals surface area contributed by atoms with Gasteiger partial charge in [-0.25, -0.2) is 0 Å². The molecule has 0 unspecified atom stereocenters. The first kappa shape index (κ1) is 17.4. The molecular weight excluding hydrogens is 226 g/mol. The molecule has 0 rings (SSSR count). The molecule has 0 aromatic heterocycles. The van der Waals surface area contributed by atoms with Crippen molar-refractivity contribution in [2.24, 2.45) is 5.41 Å². The lowest BCUT2D eigenvalue weighted by Gasteiger charge is -2.19. The molecule has 0 atom stereocenters. The standard InChI is InChI=1S/C15H31NO2/c1-14(2,3)13(17)16-11-9-7-8-10-12-18-15(4,5)6/h7-12H2,1-6H3,(H,16,17). The van der Waals surface area contributed by atoms with Gasteiger partial charge >= 0.3 is 0 Å². The molecule has 108 valence electrons. The van der Waals surface area contributed by atoms with Crippen molar-refractivity contribution >= 4 is 5.91 Å². The fourth-order valence-corrected chi connectivity index (χ4v) is 1.43. The maximum Gasteiger partial charge on any atom is 0.225 e. The van der Waals surface area contributed by atoms with Crippen molar-refractivity contribution in [2.75, 3.05) is 13.2 Å². The summed E-state index contributed by atoms with van der Waals surface area (Å²) in [6.07, 6.45) is 4.47. The minimum atomic E-state index is -0.277. The van der Waals surface area contributed by atoms with Gasteiger partial charge in [-0.05, 0) is 33.6 Å². The van der Waals surface area contributed by atoms with Crippen LogP contribution in [-0.2, 0) is 9.53 Å². The predicted octanol–water partition coefficient (Wildman–Crippen LogP) is 3.52. The quantitative estimate of drug-likeness (QED) is 0.709. The molecule has 0 fully saturated rings. The van der Waals surface area contributed by atoms with E-state index in [1.165, 1.54) is 6.42 Å². The molecule has 0 aromatic rings. The fraction of sp³-hybridized carbons (Fsp3) is 0.933. The molecule has 0 spiro atoms. The molecule has 0 radical (unpaired) electrons.